The third-order valence-corrected chi connectivity index (χ3v) is 3.69. The summed E-state index contributed by atoms with van der Waals surface area (Å²) in [6.45, 7) is 0. The van der Waals surface area contributed by atoms with Gasteiger partial charge in [0.05, 0.1) is 24.5 Å². The molecule has 0 unspecified atom stereocenters. The van der Waals surface area contributed by atoms with Gasteiger partial charge in [0.15, 0.2) is 5.78 Å². The van der Waals surface area contributed by atoms with E-state index >= 15 is 0 Å². The van der Waals surface area contributed by atoms with Crippen LogP contribution in [0.15, 0.2) is 24.8 Å². The highest BCUT2D eigenvalue weighted by Crippen LogP contribution is 2.28. The monoisotopic (exact) mass is 258 g/mol. The van der Waals surface area contributed by atoms with Crippen LogP contribution in [0.3, 0.4) is 0 Å². The summed E-state index contributed by atoms with van der Waals surface area (Å²) in [6.07, 6.45) is 10.7. The molecule has 1 saturated carbocycles. The Morgan fingerprint density at radius 2 is 2.21 bits per heavy atom. The summed E-state index contributed by atoms with van der Waals surface area (Å²) < 4.78 is 3.80. The van der Waals surface area contributed by atoms with Crippen molar-refractivity contribution in [1.82, 2.24) is 19.3 Å². The van der Waals surface area contributed by atoms with Crippen LogP contribution in [0.4, 0.5) is 0 Å². The Hall–Kier alpha value is -1.91. The molecule has 2 heterocycles. The number of Topliss-reactive ketones (excluding diaryl/α,β-unsaturated/α-hetero) is 1. The van der Waals surface area contributed by atoms with Crippen LogP contribution in [-0.4, -0.2) is 25.1 Å². The summed E-state index contributed by atoms with van der Waals surface area (Å²) in [5.41, 5.74) is 1.35. The van der Waals surface area contributed by atoms with Crippen LogP contribution < -0.4 is 0 Å². The maximum absolute atomic E-state index is 12.0. The van der Waals surface area contributed by atoms with Gasteiger partial charge in [-0.15, -0.1) is 0 Å². The lowest BCUT2D eigenvalue weighted by Gasteiger charge is -2.08. The first-order valence-corrected chi connectivity index (χ1v) is 6.77. The van der Waals surface area contributed by atoms with Gasteiger partial charge in [-0.2, -0.15) is 5.10 Å². The van der Waals surface area contributed by atoms with E-state index in [1.54, 1.807) is 17.1 Å². The molecule has 0 aromatic carbocycles. The first-order chi connectivity index (χ1) is 9.22. The largest absolute Gasteiger partial charge is 0.340 e. The summed E-state index contributed by atoms with van der Waals surface area (Å²) in [4.78, 5) is 16.1. The fraction of sp³-hybridized carbons (Fsp3) is 0.500. The van der Waals surface area contributed by atoms with Gasteiger partial charge in [0.2, 0.25) is 0 Å². The van der Waals surface area contributed by atoms with Crippen LogP contribution in [0.2, 0.25) is 0 Å². The molecule has 0 radical (unpaired) electrons. The lowest BCUT2D eigenvalue weighted by molar-refractivity contribution is 0.0987. The van der Waals surface area contributed by atoms with Gasteiger partial charge in [-0.1, -0.05) is 12.8 Å². The van der Waals surface area contributed by atoms with Crippen LogP contribution in [0.1, 0.15) is 47.9 Å². The second-order valence-electron chi connectivity index (χ2n) is 5.25. The third-order valence-electron chi connectivity index (χ3n) is 3.69. The van der Waals surface area contributed by atoms with E-state index in [0.717, 1.165) is 5.69 Å². The molecule has 0 spiro atoms. The summed E-state index contributed by atoms with van der Waals surface area (Å²) >= 11 is 0. The number of carbonyl (C=O) groups is 1. The molecule has 2 aromatic heterocycles. The van der Waals surface area contributed by atoms with E-state index in [0.29, 0.717) is 18.2 Å². The molecular weight excluding hydrogens is 240 g/mol. The number of rotatable bonds is 4. The maximum Gasteiger partial charge on any atom is 0.188 e. The number of imidazole rings is 1. The van der Waals surface area contributed by atoms with Crippen molar-refractivity contribution in [3.8, 4) is 0 Å². The number of carbonyl (C=O) groups excluding carboxylic acids is 1. The van der Waals surface area contributed by atoms with Crippen LogP contribution in [0.25, 0.3) is 0 Å². The molecule has 1 fully saturated rings. The second-order valence-corrected chi connectivity index (χ2v) is 5.25. The molecule has 1 aliphatic carbocycles. The Bertz CT molecular complexity index is 578. The van der Waals surface area contributed by atoms with Gasteiger partial charge < -0.3 is 4.57 Å². The molecule has 0 saturated heterocycles. The molecule has 1 aliphatic rings. The molecule has 0 aliphatic heterocycles. The number of aryl methyl sites for hydroxylation is 1. The Morgan fingerprint density at radius 1 is 1.42 bits per heavy atom. The SMILES string of the molecule is Cn1cnc(C(=O)Cc2ccn(C3CCCC3)n2)c1. The second kappa shape index (κ2) is 4.99. The van der Waals surface area contributed by atoms with E-state index in [9.17, 15) is 4.79 Å². The van der Waals surface area contributed by atoms with Gasteiger partial charge in [0, 0.05) is 19.4 Å². The van der Waals surface area contributed by atoms with Gasteiger partial charge in [-0.3, -0.25) is 9.48 Å². The van der Waals surface area contributed by atoms with Crippen molar-refractivity contribution in [1.29, 1.82) is 0 Å². The quantitative estimate of drug-likeness (QED) is 0.790. The first kappa shape index (κ1) is 12.1. The highest BCUT2D eigenvalue weighted by atomic mass is 16.1. The van der Waals surface area contributed by atoms with Gasteiger partial charge in [-0.05, 0) is 18.9 Å². The standard InChI is InChI=1S/C14H18N4O/c1-17-9-13(15-10-17)14(19)8-11-6-7-18(16-11)12-4-2-3-5-12/h6-7,9-10,12H,2-5,8H2,1H3. The van der Waals surface area contributed by atoms with E-state index in [2.05, 4.69) is 10.1 Å². The highest BCUT2D eigenvalue weighted by Gasteiger charge is 2.18. The minimum atomic E-state index is 0.0253. The molecule has 19 heavy (non-hydrogen) atoms. The highest BCUT2D eigenvalue weighted by molar-refractivity contribution is 5.95. The van der Waals surface area contributed by atoms with Gasteiger partial charge >= 0.3 is 0 Å². The average Bonchev–Trinajstić information content (AvgIpc) is 3.07. The van der Waals surface area contributed by atoms with Crippen molar-refractivity contribution in [2.24, 2.45) is 7.05 Å². The number of aromatic nitrogens is 4. The molecule has 100 valence electrons. The van der Waals surface area contributed by atoms with Gasteiger partial charge in [0.25, 0.3) is 0 Å². The third kappa shape index (κ3) is 2.59. The van der Waals surface area contributed by atoms with Crippen LogP contribution >= 0.6 is 0 Å². The van der Waals surface area contributed by atoms with Crippen molar-refractivity contribution in [2.75, 3.05) is 0 Å². The molecule has 5 heteroatoms. The Labute approximate surface area is 112 Å². The number of ketones is 1. The van der Waals surface area contributed by atoms with E-state index in [4.69, 9.17) is 0 Å². The van der Waals surface area contributed by atoms with Gasteiger partial charge in [-0.25, -0.2) is 4.98 Å². The van der Waals surface area contributed by atoms with E-state index < -0.39 is 0 Å². The number of hydrogen-bond acceptors (Lipinski definition) is 3. The minimum absolute atomic E-state index is 0.0253. The lowest BCUT2D eigenvalue weighted by atomic mass is 10.2. The average molecular weight is 258 g/mol. The van der Waals surface area contributed by atoms with Crippen molar-refractivity contribution in [2.45, 2.75) is 38.1 Å². The zero-order chi connectivity index (χ0) is 13.2. The number of hydrogen-bond donors (Lipinski definition) is 0. The molecule has 0 N–H and O–H groups in total. The normalized spacial score (nSPS) is 16.1. The van der Waals surface area contributed by atoms with Crippen LogP contribution in [-0.2, 0) is 13.5 Å². The number of nitrogens with zero attached hydrogens (tertiary/aromatic N) is 4. The summed E-state index contributed by atoms with van der Waals surface area (Å²) in [7, 11) is 1.86. The van der Waals surface area contributed by atoms with Crippen LogP contribution in [0, 0.1) is 0 Å². The maximum atomic E-state index is 12.0. The lowest BCUT2D eigenvalue weighted by Crippen LogP contribution is -2.08. The molecule has 0 bridgehead atoms. The van der Waals surface area contributed by atoms with E-state index in [-0.39, 0.29) is 5.78 Å². The van der Waals surface area contributed by atoms with Crippen molar-refractivity contribution in [3.05, 3.63) is 36.2 Å². The molecule has 3 rings (SSSR count). The molecule has 5 nitrogen and oxygen atoms in total. The Morgan fingerprint density at radius 3 is 2.89 bits per heavy atom. The van der Waals surface area contributed by atoms with Crippen LogP contribution in [0.5, 0.6) is 0 Å². The predicted molar refractivity (Wildman–Crippen MR) is 71.0 cm³/mol. The molecule has 2 aromatic rings. The fourth-order valence-corrected chi connectivity index (χ4v) is 2.66. The smallest absolute Gasteiger partial charge is 0.188 e. The summed E-state index contributed by atoms with van der Waals surface area (Å²) in [6, 6.07) is 2.47. The van der Waals surface area contributed by atoms with E-state index in [1.807, 2.05) is 24.0 Å². The predicted octanol–water partition coefficient (Wildman–Crippen LogP) is 2.16. The zero-order valence-electron chi connectivity index (χ0n) is 11.1. The molecule has 0 atom stereocenters. The summed E-state index contributed by atoms with van der Waals surface area (Å²) in [5, 5.41) is 4.53. The van der Waals surface area contributed by atoms with Crippen molar-refractivity contribution < 1.29 is 4.79 Å². The van der Waals surface area contributed by atoms with Crippen molar-refractivity contribution in [3.63, 3.8) is 0 Å². The Kier molecular flexibility index (Phi) is 3.19. The van der Waals surface area contributed by atoms with E-state index in [1.165, 1.54) is 25.7 Å². The molecular formula is C14H18N4O. The summed E-state index contributed by atoms with van der Waals surface area (Å²) in [5.74, 6) is 0.0253. The zero-order valence-corrected chi connectivity index (χ0v) is 11.1. The fourth-order valence-electron chi connectivity index (χ4n) is 2.66. The van der Waals surface area contributed by atoms with Gasteiger partial charge in [0.1, 0.15) is 5.69 Å². The molecule has 0 amide bonds. The topological polar surface area (TPSA) is 52.7 Å². The first-order valence-electron chi connectivity index (χ1n) is 6.77. The van der Waals surface area contributed by atoms with Crippen molar-refractivity contribution >= 4 is 5.78 Å². The minimum Gasteiger partial charge on any atom is -0.340 e. The Balaban J connectivity index is 1.68.